The van der Waals surface area contributed by atoms with Gasteiger partial charge in [-0.25, -0.2) is 0 Å². The van der Waals surface area contributed by atoms with Crippen LogP contribution in [0, 0.1) is 20.2 Å². The maximum absolute atomic E-state index is 11.1. The number of carbonyl (C=O) groups is 1. The molecule has 1 aliphatic heterocycles. The molecule has 2 rings (SSSR count). The van der Waals surface area contributed by atoms with Gasteiger partial charge >= 0.3 is 5.69 Å². The molecule has 1 aliphatic rings. The van der Waals surface area contributed by atoms with Gasteiger partial charge in [-0.05, 0) is 6.07 Å². The Kier molecular flexibility index (Phi) is 2.58. The third-order valence-corrected chi connectivity index (χ3v) is 2.54. The molecule has 9 nitrogen and oxygen atoms in total. The van der Waals surface area contributed by atoms with Crippen molar-refractivity contribution in [2.24, 2.45) is 5.73 Å². The van der Waals surface area contributed by atoms with E-state index in [0.29, 0.717) is 13.1 Å². The number of primary amides is 1. The molecular weight excluding hydrogens is 244 g/mol. The van der Waals surface area contributed by atoms with Crippen LogP contribution in [0.3, 0.4) is 0 Å². The number of benzene rings is 1. The summed E-state index contributed by atoms with van der Waals surface area (Å²) in [7, 11) is 0. The number of carbonyl (C=O) groups excluding carboxylic acids is 1. The minimum atomic E-state index is -0.986. The van der Waals surface area contributed by atoms with Crippen molar-refractivity contribution in [3.05, 3.63) is 37.9 Å². The molecular formula is C9H8N4O5. The summed E-state index contributed by atoms with van der Waals surface area (Å²) in [5.41, 5.74) is 3.56. The number of rotatable bonds is 4. The van der Waals surface area contributed by atoms with Crippen LogP contribution in [0.4, 0.5) is 17.1 Å². The van der Waals surface area contributed by atoms with Crippen molar-refractivity contribution in [3.63, 3.8) is 0 Å². The van der Waals surface area contributed by atoms with Gasteiger partial charge in [0.1, 0.15) is 5.56 Å². The fourth-order valence-electron chi connectivity index (χ4n) is 1.69. The number of amides is 1. The largest absolute Gasteiger partial charge is 0.365 e. The first-order chi connectivity index (χ1) is 8.43. The van der Waals surface area contributed by atoms with Gasteiger partial charge in [0.05, 0.1) is 9.85 Å². The predicted octanol–water partition coefficient (Wildman–Crippen LogP) is 0.422. The molecule has 0 spiro atoms. The van der Waals surface area contributed by atoms with E-state index in [0.717, 1.165) is 12.1 Å². The molecule has 0 unspecified atom stereocenters. The van der Waals surface area contributed by atoms with E-state index in [1.807, 2.05) is 0 Å². The predicted molar refractivity (Wildman–Crippen MR) is 60.5 cm³/mol. The maximum atomic E-state index is 11.1. The highest BCUT2D eigenvalue weighted by atomic mass is 16.6. The lowest BCUT2D eigenvalue weighted by molar-refractivity contribution is -0.392. The van der Waals surface area contributed by atoms with Crippen LogP contribution in [0.5, 0.6) is 0 Å². The fourth-order valence-corrected chi connectivity index (χ4v) is 1.69. The molecule has 0 atom stereocenters. The standard InChI is InChI=1S/C9H8N4O5/c10-9(14)5-1-2-6(12(15)16)8(11-3-4-11)7(5)13(17)18/h1-2H,3-4H2,(H2,10,14). The number of nitrogens with two attached hydrogens (primary N) is 1. The number of hydrogen-bond donors (Lipinski definition) is 1. The molecule has 94 valence electrons. The lowest BCUT2D eigenvalue weighted by Gasteiger charge is -2.07. The molecule has 1 aromatic carbocycles. The summed E-state index contributed by atoms with van der Waals surface area (Å²) >= 11 is 0. The van der Waals surface area contributed by atoms with Gasteiger partial charge in [-0.3, -0.25) is 25.0 Å². The molecule has 0 aliphatic carbocycles. The van der Waals surface area contributed by atoms with Crippen LogP contribution in [0.1, 0.15) is 10.4 Å². The highest BCUT2D eigenvalue weighted by Gasteiger charge is 2.38. The van der Waals surface area contributed by atoms with Crippen molar-refractivity contribution < 1.29 is 14.6 Å². The second-order valence-corrected chi connectivity index (χ2v) is 3.69. The van der Waals surface area contributed by atoms with Crippen LogP contribution in [-0.2, 0) is 0 Å². The Balaban J connectivity index is 2.76. The first-order valence-corrected chi connectivity index (χ1v) is 4.94. The topological polar surface area (TPSA) is 132 Å². The van der Waals surface area contributed by atoms with Crippen LogP contribution in [0.25, 0.3) is 0 Å². The molecule has 1 amide bonds. The van der Waals surface area contributed by atoms with E-state index < -0.39 is 27.1 Å². The molecule has 0 radical (unpaired) electrons. The zero-order valence-electron chi connectivity index (χ0n) is 9.03. The van der Waals surface area contributed by atoms with Crippen LogP contribution in [-0.4, -0.2) is 28.8 Å². The van der Waals surface area contributed by atoms with E-state index in [9.17, 15) is 25.0 Å². The first-order valence-electron chi connectivity index (χ1n) is 4.94. The minimum absolute atomic E-state index is 0.152. The van der Waals surface area contributed by atoms with E-state index >= 15 is 0 Å². The number of nitrogens with zero attached hydrogens (tertiary/aromatic N) is 3. The average Bonchev–Trinajstić information content (AvgIpc) is 3.10. The Hall–Kier alpha value is -2.71. The average molecular weight is 252 g/mol. The van der Waals surface area contributed by atoms with E-state index in [2.05, 4.69) is 0 Å². The van der Waals surface area contributed by atoms with Crippen LogP contribution in [0.15, 0.2) is 12.1 Å². The summed E-state index contributed by atoms with van der Waals surface area (Å²) in [6, 6.07) is 2.06. The number of nitro groups is 2. The molecule has 18 heavy (non-hydrogen) atoms. The van der Waals surface area contributed by atoms with Crippen molar-refractivity contribution in [3.8, 4) is 0 Å². The smallest absolute Gasteiger partial charge is 0.312 e. The first kappa shape index (κ1) is 11.8. The third-order valence-electron chi connectivity index (χ3n) is 2.54. The molecule has 0 bridgehead atoms. The van der Waals surface area contributed by atoms with Crippen LogP contribution >= 0.6 is 0 Å². The van der Waals surface area contributed by atoms with Gasteiger partial charge < -0.3 is 10.6 Å². The summed E-state index contributed by atoms with van der Waals surface area (Å²) < 4.78 is 0. The van der Waals surface area contributed by atoms with Crippen molar-refractivity contribution in [1.29, 1.82) is 0 Å². The molecule has 1 heterocycles. The lowest BCUT2D eigenvalue weighted by Crippen LogP contribution is -2.15. The van der Waals surface area contributed by atoms with E-state index in [4.69, 9.17) is 5.73 Å². The van der Waals surface area contributed by atoms with Gasteiger partial charge in [-0.1, -0.05) is 0 Å². The normalized spacial score (nSPS) is 13.2. The van der Waals surface area contributed by atoms with Gasteiger partial charge in [0.2, 0.25) is 0 Å². The Morgan fingerprint density at radius 1 is 1.22 bits per heavy atom. The Morgan fingerprint density at radius 3 is 2.22 bits per heavy atom. The lowest BCUT2D eigenvalue weighted by atomic mass is 10.1. The van der Waals surface area contributed by atoms with E-state index in [1.165, 1.54) is 4.90 Å². The maximum Gasteiger partial charge on any atom is 0.312 e. The number of nitro benzene ring substituents is 2. The Morgan fingerprint density at radius 2 is 1.83 bits per heavy atom. The molecule has 0 aromatic heterocycles. The van der Waals surface area contributed by atoms with Crippen LogP contribution < -0.4 is 10.6 Å². The van der Waals surface area contributed by atoms with Crippen molar-refractivity contribution in [1.82, 2.24) is 0 Å². The molecule has 9 heteroatoms. The number of anilines is 1. The SMILES string of the molecule is NC(=O)c1ccc([N+](=O)[O-])c(N2CC2)c1[N+](=O)[O-]. The van der Waals surface area contributed by atoms with E-state index in [-0.39, 0.29) is 11.3 Å². The van der Waals surface area contributed by atoms with Gasteiger partial charge in [0.15, 0.2) is 5.69 Å². The summed E-state index contributed by atoms with van der Waals surface area (Å²) in [4.78, 5) is 32.9. The quantitative estimate of drug-likeness (QED) is 0.469. The summed E-state index contributed by atoms with van der Waals surface area (Å²) in [5, 5.41) is 21.9. The Bertz CT molecular complexity index is 566. The van der Waals surface area contributed by atoms with Gasteiger partial charge in [0.25, 0.3) is 11.6 Å². The highest BCUT2D eigenvalue weighted by molar-refractivity contribution is 6.01. The summed E-state index contributed by atoms with van der Waals surface area (Å²) in [6.07, 6.45) is 0. The van der Waals surface area contributed by atoms with Crippen LogP contribution in [0.2, 0.25) is 0 Å². The molecule has 1 fully saturated rings. The number of hydrogen-bond acceptors (Lipinski definition) is 6. The second kappa shape index (κ2) is 3.95. The molecule has 0 saturated carbocycles. The monoisotopic (exact) mass is 252 g/mol. The van der Waals surface area contributed by atoms with Crippen molar-refractivity contribution in [2.75, 3.05) is 18.0 Å². The minimum Gasteiger partial charge on any atom is -0.365 e. The van der Waals surface area contributed by atoms with E-state index in [1.54, 1.807) is 0 Å². The molecule has 1 saturated heterocycles. The second-order valence-electron chi connectivity index (χ2n) is 3.69. The van der Waals surface area contributed by atoms with Crippen molar-refractivity contribution in [2.45, 2.75) is 0 Å². The zero-order valence-corrected chi connectivity index (χ0v) is 9.03. The summed E-state index contributed by atoms with van der Waals surface area (Å²) in [6.45, 7) is 0.952. The zero-order chi connectivity index (χ0) is 13.4. The highest BCUT2D eigenvalue weighted by Crippen LogP contribution is 2.42. The molecule has 1 aromatic rings. The Labute approximate surface area is 100 Å². The van der Waals surface area contributed by atoms with Gasteiger partial charge in [-0.2, -0.15) is 0 Å². The van der Waals surface area contributed by atoms with Gasteiger partial charge in [0, 0.05) is 19.2 Å². The van der Waals surface area contributed by atoms with Gasteiger partial charge in [-0.15, -0.1) is 0 Å². The van der Waals surface area contributed by atoms with Crippen molar-refractivity contribution >= 4 is 23.0 Å². The fraction of sp³-hybridized carbons (Fsp3) is 0.222. The summed E-state index contributed by atoms with van der Waals surface area (Å²) in [5.74, 6) is -0.986. The molecule has 2 N–H and O–H groups in total. The third kappa shape index (κ3) is 1.81.